The number of aryl methyl sites for hydroxylation is 2. The van der Waals surface area contributed by atoms with E-state index in [4.69, 9.17) is 16.3 Å². The molecule has 5 aromatic rings. The van der Waals surface area contributed by atoms with Crippen molar-refractivity contribution in [2.24, 2.45) is 5.10 Å². The van der Waals surface area contributed by atoms with E-state index in [-0.39, 0.29) is 18.4 Å². The van der Waals surface area contributed by atoms with Crippen molar-refractivity contribution in [3.05, 3.63) is 124 Å². The van der Waals surface area contributed by atoms with Crippen molar-refractivity contribution in [3.8, 4) is 17.0 Å². The Morgan fingerprint density at radius 2 is 1.74 bits per heavy atom. The molecule has 0 saturated heterocycles. The van der Waals surface area contributed by atoms with Gasteiger partial charge in [-0.15, -0.1) is 11.3 Å². The number of hydrazone groups is 1. The third kappa shape index (κ3) is 8.06. The Hall–Kier alpha value is -4.99. The number of benzene rings is 4. The summed E-state index contributed by atoms with van der Waals surface area (Å²) >= 11 is 7.43. The van der Waals surface area contributed by atoms with Crippen LogP contribution < -0.4 is 20.8 Å². The average Bonchev–Trinajstić information content (AvgIpc) is 3.48. The van der Waals surface area contributed by atoms with Crippen LogP contribution >= 0.6 is 22.9 Å². The third-order valence-electron chi connectivity index (χ3n) is 6.35. The number of carbonyl (C=O) groups is 2. The summed E-state index contributed by atoms with van der Waals surface area (Å²) in [7, 11) is 0. The molecule has 43 heavy (non-hydrogen) atoms. The molecule has 0 aliphatic carbocycles. The number of halogens is 1. The molecule has 0 atom stereocenters. The zero-order valence-electron chi connectivity index (χ0n) is 23.4. The Kier molecular flexibility index (Phi) is 9.46. The Balaban J connectivity index is 1.14. The molecule has 2 amide bonds. The van der Waals surface area contributed by atoms with Crippen molar-refractivity contribution >= 4 is 57.5 Å². The van der Waals surface area contributed by atoms with Crippen LogP contribution in [-0.2, 0) is 4.79 Å². The summed E-state index contributed by atoms with van der Waals surface area (Å²) in [5, 5.41) is 13.6. The Bertz CT molecular complexity index is 1770. The lowest BCUT2D eigenvalue weighted by Gasteiger charge is -2.11. The molecule has 0 aliphatic heterocycles. The fraction of sp³-hybridized carbons (Fsp3) is 0.0909. The maximum absolute atomic E-state index is 12.7. The van der Waals surface area contributed by atoms with Gasteiger partial charge in [0.25, 0.3) is 11.8 Å². The molecule has 10 heteroatoms. The summed E-state index contributed by atoms with van der Waals surface area (Å²) < 4.78 is 5.74. The summed E-state index contributed by atoms with van der Waals surface area (Å²) in [4.78, 5) is 29.8. The largest absolute Gasteiger partial charge is 0.483 e. The van der Waals surface area contributed by atoms with Crippen LogP contribution in [-0.4, -0.2) is 29.6 Å². The Morgan fingerprint density at radius 1 is 0.977 bits per heavy atom. The normalized spacial score (nSPS) is 10.9. The van der Waals surface area contributed by atoms with Crippen molar-refractivity contribution < 1.29 is 14.3 Å². The standard InChI is InChI=1S/C33H28ClN5O3S/c1-21-7-16-28(22(2)17-21)37-31(40)19-42-30-6-4-3-5-25(30)18-35-39-32(41)24-10-8-23(9-11-24)29-20-43-33(38-29)36-27-14-12-26(34)13-15-27/h3-18,20H,19H2,1-2H3,(H,36,38)(H,37,40)(H,39,41)/b35-18-. The first-order valence-electron chi connectivity index (χ1n) is 13.3. The van der Waals surface area contributed by atoms with E-state index in [9.17, 15) is 9.59 Å². The molecule has 8 nitrogen and oxygen atoms in total. The van der Waals surface area contributed by atoms with Gasteiger partial charge in [0, 0.05) is 38.5 Å². The minimum absolute atomic E-state index is 0.172. The predicted molar refractivity (Wildman–Crippen MR) is 174 cm³/mol. The van der Waals surface area contributed by atoms with Gasteiger partial charge < -0.3 is 15.4 Å². The van der Waals surface area contributed by atoms with Gasteiger partial charge in [-0.2, -0.15) is 5.10 Å². The first-order valence-corrected chi connectivity index (χ1v) is 14.6. The van der Waals surface area contributed by atoms with Crippen molar-refractivity contribution in [1.29, 1.82) is 0 Å². The van der Waals surface area contributed by atoms with Crippen molar-refractivity contribution in [3.63, 3.8) is 0 Å². The van der Waals surface area contributed by atoms with Crippen molar-refractivity contribution in [2.45, 2.75) is 13.8 Å². The number of thiazole rings is 1. The highest BCUT2D eigenvalue weighted by Crippen LogP contribution is 2.28. The first kappa shape index (κ1) is 29.5. The van der Waals surface area contributed by atoms with Crippen LogP contribution in [0.5, 0.6) is 5.75 Å². The van der Waals surface area contributed by atoms with Gasteiger partial charge in [0.2, 0.25) is 0 Å². The number of amides is 2. The van der Waals surface area contributed by atoms with E-state index >= 15 is 0 Å². The lowest BCUT2D eigenvalue weighted by atomic mass is 10.1. The van der Waals surface area contributed by atoms with Crippen LogP contribution in [0.25, 0.3) is 11.3 Å². The number of para-hydroxylation sites is 1. The van der Waals surface area contributed by atoms with Gasteiger partial charge in [-0.25, -0.2) is 10.4 Å². The van der Waals surface area contributed by atoms with E-state index in [0.717, 1.165) is 38.9 Å². The number of hydrogen-bond donors (Lipinski definition) is 3. The van der Waals surface area contributed by atoms with Crippen LogP contribution in [0.2, 0.25) is 5.02 Å². The van der Waals surface area contributed by atoms with Crippen LogP contribution in [0.15, 0.2) is 101 Å². The van der Waals surface area contributed by atoms with E-state index in [1.165, 1.54) is 17.6 Å². The predicted octanol–water partition coefficient (Wildman–Crippen LogP) is 7.61. The molecule has 1 aromatic heterocycles. The maximum atomic E-state index is 12.7. The topological polar surface area (TPSA) is 105 Å². The molecule has 0 unspecified atom stereocenters. The number of ether oxygens (including phenoxy) is 1. The van der Waals surface area contributed by atoms with Gasteiger partial charge in [-0.1, -0.05) is 53.6 Å². The number of nitrogens with zero attached hydrogens (tertiary/aromatic N) is 2. The van der Waals surface area contributed by atoms with Gasteiger partial charge >= 0.3 is 0 Å². The molecule has 0 saturated carbocycles. The number of nitrogens with one attached hydrogen (secondary N) is 3. The van der Waals surface area contributed by atoms with Crippen molar-refractivity contribution in [2.75, 3.05) is 17.2 Å². The highest BCUT2D eigenvalue weighted by molar-refractivity contribution is 7.14. The van der Waals surface area contributed by atoms with E-state index in [2.05, 4.69) is 26.1 Å². The highest BCUT2D eigenvalue weighted by Gasteiger charge is 2.10. The molecule has 5 rings (SSSR count). The van der Waals surface area contributed by atoms with Crippen LogP contribution in [0.4, 0.5) is 16.5 Å². The summed E-state index contributed by atoms with van der Waals surface area (Å²) in [5.41, 5.74) is 9.02. The zero-order chi connectivity index (χ0) is 30.2. The van der Waals surface area contributed by atoms with Crippen LogP contribution in [0, 0.1) is 13.8 Å². The van der Waals surface area contributed by atoms with Crippen LogP contribution in [0.3, 0.4) is 0 Å². The first-order chi connectivity index (χ1) is 20.8. The van der Waals surface area contributed by atoms with Crippen LogP contribution in [0.1, 0.15) is 27.0 Å². The molecular formula is C33H28ClN5O3S. The second-order valence-electron chi connectivity index (χ2n) is 9.64. The highest BCUT2D eigenvalue weighted by atomic mass is 35.5. The molecular weight excluding hydrogens is 582 g/mol. The fourth-order valence-electron chi connectivity index (χ4n) is 4.14. The van der Waals surface area contributed by atoms with Gasteiger partial charge in [-0.3, -0.25) is 9.59 Å². The molecule has 1 heterocycles. The SMILES string of the molecule is Cc1ccc(NC(=O)COc2ccccc2/C=N\NC(=O)c2ccc(-c3csc(Nc4ccc(Cl)cc4)n3)cc2)c(C)c1. The molecule has 4 aromatic carbocycles. The van der Waals surface area contributed by atoms with Crippen molar-refractivity contribution in [1.82, 2.24) is 10.4 Å². The van der Waals surface area contributed by atoms with E-state index in [1.54, 1.807) is 30.3 Å². The van der Waals surface area contributed by atoms with Gasteiger partial charge in [-0.05, 0) is 74.0 Å². The summed E-state index contributed by atoms with van der Waals surface area (Å²) in [5.74, 6) is -0.173. The smallest absolute Gasteiger partial charge is 0.271 e. The maximum Gasteiger partial charge on any atom is 0.271 e. The molecule has 0 aliphatic rings. The molecule has 0 fully saturated rings. The molecule has 0 spiro atoms. The fourth-order valence-corrected chi connectivity index (χ4v) is 5.01. The molecule has 0 bridgehead atoms. The monoisotopic (exact) mass is 609 g/mol. The van der Waals surface area contributed by atoms with Gasteiger partial charge in [0.1, 0.15) is 5.75 Å². The van der Waals surface area contributed by atoms with Gasteiger partial charge in [0.05, 0.1) is 11.9 Å². The molecule has 3 N–H and O–H groups in total. The lowest BCUT2D eigenvalue weighted by molar-refractivity contribution is -0.118. The number of carbonyl (C=O) groups excluding carboxylic acids is 2. The quantitative estimate of drug-likeness (QED) is 0.112. The number of anilines is 3. The average molecular weight is 610 g/mol. The zero-order valence-corrected chi connectivity index (χ0v) is 25.0. The minimum Gasteiger partial charge on any atom is -0.483 e. The van der Waals surface area contributed by atoms with E-state index in [0.29, 0.717) is 21.9 Å². The number of aromatic nitrogens is 1. The molecule has 216 valence electrons. The summed E-state index contributed by atoms with van der Waals surface area (Å²) in [6.45, 7) is 3.77. The Labute approximate surface area is 258 Å². The second-order valence-corrected chi connectivity index (χ2v) is 10.9. The Morgan fingerprint density at radius 3 is 2.51 bits per heavy atom. The van der Waals surface area contributed by atoms with E-state index < -0.39 is 0 Å². The second kappa shape index (κ2) is 13.8. The van der Waals surface area contributed by atoms with Gasteiger partial charge in [0.15, 0.2) is 11.7 Å². The molecule has 0 radical (unpaired) electrons. The lowest BCUT2D eigenvalue weighted by Crippen LogP contribution is -2.21. The third-order valence-corrected chi connectivity index (χ3v) is 7.36. The van der Waals surface area contributed by atoms with E-state index in [1.807, 2.05) is 79.9 Å². The number of rotatable bonds is 10. The summed E-state index contributed by atoms with van der Waals surface area (Å²) in [6, 6.07) is 27.5. The minimum atomic E-state index is -0.364. The summed E-state index contributed by atoms with van der Waals surface area (Å²) in [6.07, 6.45) is 1.48. The number of hydrogen-bond acceptors (Lipinski definition) is 7.